The van der Waals surface area contributed by atoms with E-state index in [0.29, 0.717) is 5.76 Å². The van der Waals surface area contributed by atoms with E-state index in [1.165, 1.54) is 18.3 Å². The minimum Gasteiger partial charge on any atom is -0.444 e. The number of benzene rings is 1. The first-order valence-electron chi connectivity index (χ1n) is 5.88. The van der Waals surface area contributed by atoms with Gasteiger partial charge in [-0.2, -0.15) is 9.98 Å². The highest BCUT2D eigenvalue weighted by Crippen LogP contribution is 2.19. The minimum absolute atomic E-state index is 0.0578. The lowest BCUT2D eigenvalue weighted by Gasteiger charge is -2.12. The van der Waals surface area contributed by atoms with Crippen molar-refractivity contribution in [3.05, 3.63) is 47.7 Å². The first-order chi connectivity index (χ1) is 9.44. The summed E-state index contributed by atoms with van der Waals surface area (Å²) >= 11 is 0. The SMILES string of the molecule is Cc1cnc(C(C)NS(=O)(=O)c2ccccc2C#N)o1. The fraction of sp³-hybridized carbons (Fsp3) is 0.231. The van der Waals surface area contributed by atoms with Gasteiger partial charge < -0.3 is 4.42 Å². The maximum atomic E-state index is 12.3. The molecule has 0 amide bonds. The van der Waals surface area contributed by atoms with Crippen molar-refractivity contribution < 1.29 is 12.8 Å². The van der Waals surface area contributed by atoms with Crippen molar-refractivity contribution >= 4 is 10.0 Å². The molecule has 0 bridgehead atoms. The molecule has 0 saturated carbocycles. The van der Waals surface area contributed by atoms with E-state index in [9.17, 15) is 8.42 Å². The Morgan fingerprint density at radius 3 is 2.70 bits per heavy atom. The number of oxazole rings is 1. The lowest BCUT2D eigenvalue weighted by atomic mass is 10.2. The quantitative estimate of drug-likeness (QED) is 0.928. The zero-order valence-electron chi connectivity index (χ0n) is 11.0. The van der Waals surface area contributed by atoms with Crippen molar-refractivity contribution in [1.29, 1.82) is 5.26 Å². The van der Waals surface area contributed by atoms with Crippen LogP contribution in [0, 0.1) is 18.3 Å². The van der Waals surface area contributed by atoms with Crippen molar-refractivity contribution in [2.24, 2.45) is 0 Å². The molecule has 2 rings (SSSR count). The topological polar surface area (TPSA) is 96.0 Å². The van der Waals surface area contributed by atoms with E-state index in [0.717, 1.165) is 0 Å². The monoisotopic (exact) mass is 291 g/mol. The first kappa shape index (κ1) is 14.2. The first-order valence-corrected chi connectivity index (χ1v) is 7.36. The fourth-order valence-electron chi connectivity index (χ4n) is 1.71. The van der Waals surface area contributed by atoms with Crippen LogP contribution < -0.4 is 4.72 Å². The third-order valence-electron chi connectivity index (χ3n) is 2.64. The molecule has 0 saturated heterocycles. The molecule has 0 aliphatic heterocycles. The van der Waals surface area contributed by atoms with Crippen LogP contribution >= 0.6 is 0 Å². The number of sulfonamides is 1. The van der Waals surface area contributed by atoms with Crippen LogP contribution in [0.5, 0.6) is 0 Å². The van der Waals surface area contributed by atoms with Gasteiger partial charge in [0, 0.05) is 0 Å². The maximum Gasteiger partial charge on any atom is 0.242 e. The van der Waals surface area contributed by atoms with Crippen molar-refractivity contribution in [3.8, 4) is 6.07 Å². The van der Waals surface area contributed by atoms with E-state index in [4.69, 9.17) is 9.68 Å². The molecule has 20 heavy (non-hydrogen) atoms. The largest absolute Gasteiger partial charge is 0.444 e. The maximum absolute atomic E-state index is 12.3. The molecular weight excluding hydrogens is 278 g/mol. The van der Waals surface area contributed by atoms with Crippen molar-refractivity contribution in [3.63, 3.8) is 0 Å². The van der Waals surface area contributed by atoms with E-state index in [-0.39, 0.29) is 16.3 Å². The Bertz CT molecular complexity index is 759. The summed E-state index contributed by atoms with van der Waals surface area (Å²) in [5.74, 6) is 0.879. The van der Waals surface area contributed by atoms with Gasteiger partial charge in [-0.05, 0) is 26.0 Å². The molecular formula is C13H13N3O3S. The van der Waals surface area contributed by atoms with Crippen molar-refractivity contribution in [1.82, 2.24) is 9.71 Å². The van der Waals surface area contributed by atoms with Crippen LogP contribution in [-0.4, -0.2) is 13.4 Å². The second kappa shape index (κ2) is 5.45. The minimum atomic E-state index is -3.81. The van der Waals surface area contributed by atoms with Gasteiger partial charge in [-0.3, -0.25) is 0 Å². The summed E-state index contributed by atoms with van der Waals surface area (Å²) in [6.45, 7) is 3.35. The van der Waals surface area contributed by atoms with E-state index in [1.54, 1.807) is 26.0 Å². The highest BCUT2D eigenvalue weighted by atomic mass is 32.2. The van der Waals surface area contributed by atoms with Gasteiger partial charge in [-0.15, -0.1) is 0 Å². The van der Waals surface area contributed by atoms with Gasteiger partial charge in [-0.1, -0.05) is 12.1 Å². The Labute approximate surface area is 117 Å². The van der Waals surface area contributed by atoms with Gasteiger partial charge in [0.2, 0.25) is 15.9 Å². The van der Waals surface area contributed by atoms with E-state index in [1.807, 2.05) is 6.07 Å². The normalized spacial score (nSPS) is 12.8. The Morgan fingerprint density at radius 1 is 1.40 bits per heavy atom. The van der Waals surface area contributed by atoms with Gasteiger partial charge >= 0.3 is 0 Å². The van der Waals surface area contributed by atoms with Crippen molar-refractivity contribution in [2.45, 2.75) is 24.8 Å². The molecule has 7 heteroatoms. The predicted molar refractivity (Wildman–Crippen MR) is 71.1 cm³/mol. The second-order valence-corrected chi connectivity index (χ2v) is 5.94. The third kappa shape index (κ3) is 2.87. The summed E-state index contributed by atoms with van der Waals surface area (Å²) in [5, 5.41) is 8.96. The zero-order chi connectivity index (χ0) is 14.8. The Morgan fingerprint density at radius 2 is 2.10 bits per heavy atom. The third-order valence-corrected chi connectivity index (χ3v) is 4.24. The van der Waals surface area contributed by atoms with Crippen LogP contribution in [0.4, 0.5) is 0 Å². The molecule has 1 aromatic heterocycles. The number of nitrogens with zero attached hydrogens (tertiary/aromatic N) is 2. The van der Waals surface area contributed by atoms with Gasteiger partial charge in [0.25, 0.3) is 0 Å². The van der Waals surface area contributed by atoms with Crippen LogP contribution in [0.25, 0.3) is 0 Å². The number of nitriles is 1. The van der Waals surface area contributed by atoms with Crippen LogP contribution in [0.2, 0.25) is 0 Å². The van der Waals surface area contributed by atoms with Crippen molar-refractivity contribution in [2.75, 3.05) is 0 Å². The molecule has 0 radical (unpaired) electrons. The van der Waals surface area contributed by atoms with Gasteiger partial charge in [0.1, 0.15) is 11.8 Å². The fourth-order valence-corrected chi connectivity index (χ4v) is 3.07. The molecule has 0 aliphatic rings. The van der Waals surface area contributed by atoms with Crippen LogP contribution in [0.1, 0.15) is 30.2 Å². The van der Waals surface area contributed by atoms with E-state index < -0.39 is 16.1 Å². The number of aryl methyl sites for hydroxylation is 1. The summed E-state index contributed by atoms with van der Waals surface area (Å²) in [4.78, 5) is 3.92. The molecule has 104 valence electrons. The number of hydrogen-bond donors (Lipinski definition) is 1. The highest BCUT2D eigenvalue weighted by molar-refractivity contribution is 7.89. The number of nitrogens with one attached hydrogen (secondary N) is 1. The molecule has 0 spiro atoms. The molecule has 2 aromatic rings. The highest BCUT2D eigenvalue weighted by Gasteiger charge is 2.23. The molecule has 1 heterocycles. The summed E-state index contributed by atoms with van der Waals surface area (Å²) in [6, 6.07) is 7.25. The van der Waals surface area contributed by atoms with E-state index in [2.05, 4.69) is 9.71 Å². The average molecular weight is 291 g/mol. The zero-order valence-corrected chi connectivity index (χ0v) is 11.8. The number of rotatable bonds is 4. The lowest BCUT2D eigenvalue weighted by molar-refractivity contribution is 0.428. The number of hydrogen-bond acceptors (Lipinski definition) is 5. The Balaban J connectivity index is 2.30. The second-order valence-electron chi connectivity index (χ2n) is 4.26. The molecule has 0 fully saturated rings. The summed E-state index contributed by atoms with van der Waals surface area (Å²) in [5.41, 5.74) is 0.0933. The summed E-state index contributed by atoms with van der Waals surface area (Å²) < 4.78 is 32.3. The number of aromatic nitrogens is 1. The molecule has 1 unspecified atom stereocenters. The molecule has 1 atom stereocenters. The van der Waals surface area contributed by atoms with Crippen LogP contribution in [0.3, 0.4) is 0 Å². The molecule has 1 aromatic carbocycles. The molecule has 0 aliphatic carbocycles. The van der Waals surface area contributed by atoms with Crippen LogP contribution in [0.15, 0.2) is 39.8 Å². The van der Waals surface area contributed by atoms with Gasteiger partial charge in [0.05, 0.1) is 22.7 Å². The molecule has 1 N–H and O–H groups in total. The summed E-state index contributed by atoms with van der Waals surface area (Å²) in [6.07, 6.45) is 1.52. The standard InChI is InChI=1S/C13H13N3O3S/c1-9-8-15-13(19-9)10(2)16-20(17,18)12-6-4-3-5-11(12)7-14/h3-6,8,10,16H,1-2H3. The Kier molecular flexibility index (Phi) is 3.88. The Hall–Kier alpha value is -2.17. The average Bonchev–Trinajstić information content (AvgIpc) is 2.85. The van der Waals surface area contributed by atoms with E-state index >= 15 is 0 Å². The lowest BCUT2D eigenvalue weighted by Crippen LogP contribution is -2.27. The summed E-state index contributed by atoms with van der Waals surface area (Å²) in [7, 11) is -3.81. The smallest absolute Gasteiger partial charge is 0.242 e. The molecule has 6 nitrogen and oxygen atoms in total. The van der Waals surface area contributed by atoms with Gasteiger partial charge in [-0.25, -0.2) is 13.4 Å². The van der Waals surface area contributed by atoms with Crippen LogP contribution in [-0.2, 0) is 10.0 Å². The predicted octanol–water partition coefficient (Wildman–Crippen LogP) is 1.89. The van der Waals surface area contributed by atoms with Gasteiger partial charge in [0.15, 0.2) is 0 Å².